The highest BCUT2D eigenvalue weighted by molar-refractivity contribution is 6.02. The number of hydrogen-bond acceptors (Lipinski definition) is 5. The Morgan fingerprint density at radius 2 is 1.97 bits per heavy atom. The largest absolute Gasteiger partial charge is 0.369 e. The van der Waals surface area contributed by atoms with Crippen molar-refractivity contribution >= 4 is 34.4 Å². The Morgan fingerprint density at radius 1 is 1.21 bits per heavy atom. The van der Waals surface area contributed by atoms with Gasteiger partial charge in [0, 0.05) is 43.9 Å². The molecule has 2 aromatic heterocycles. The molecule has 150 valence electrons. The number of hydrogen-bond donors (Lipinski definition) is 2. The predicted molar refractivity (Wildman–Crippen MR) is 118 cm³/mol. The molecular weight excluding hydrogens is 366 g/mol. The fourth-order valence-electron chi connectivity index (χ4n) is 2.87. The smallest absolute Gasteiger partial charge is 0.274 e. The molecule has 1 amide bonds. The number of pyridine rings is 2. The van der Waals surface area contributed by atoms with Crippen molar-refractivity contribution in [3.63, 3.8) is 0 Å². The first-order chi connectivity index (χ1) is 13.9. The number of amides is 1. The van der Waals surface area contributed by atoms with Crippen LogP contribution in [-0.4, -0.2) is 47.5 Å². The van der Waals surface area contributed by atoms with Crippen LogP contribution in [-0.2, 0) is 11.8 Å². The normalized spacial score (nSPS) is 11.3. The maximum atomic E-state index is 12.7. The number of anilines is 2. The summed E-state index contributed by atoms with van der Waals surface area (Å²) in [6.45, 7) is 1.63. The first kappa shape index (κ1) is 20.3. The minimum Gasteiger partial charge on any atom is -0.369 e. The summed E-state index contributed by atoms with van der Waals surface area (Å²) in [5.41, 5.74) is 1.60. The molecule has 0 bridgehead atoms. The average Bonchev–Trinajstić information content (AvgIpc) is 2.71. The van der Waals surface area contributed by atoms with Gasteiger partial charge in [-0.05, 0) is 31.8 Å². The third-order valence-corrected chi connectivity index (χ3v) is 4.46. The lowest BCUT2D eigenvalue weighted by Gasteiger charge is -2.13. The van der Waals surface area contributed by atoms with Gasteiger partial charge in [0.1, 0.15) is 11.5 Å². The number of aryl methyl sites for hydroxylation is 1. The number of aromatic nitrogens is 2. The molecule has 0 radical (unpaired) electrons. The summed E-state index contributed by atoms with van der Waals surface area (Å²) in [7, 11) is 5.69. The fourth-order valence-corrected chi connectivity index (χ4v) is 2.87. The van der Waals surface area contributed by atoms with Crippen LogP contribution in [0.5, 0.6) is 0 Å². The zero-order valence-corrected chi connectivity index (χ0v) is 16.8. The minimum absolute atomic E-state index is 0.220. The molecule has 0 aliphatic rings. The number of benzene rings is 1. The lowest BCUT2D eigenvalue weighted by molar-refractivity contribution is -0.111. The Morgan fingerprint density at radius 3 is 2.69 bits per heavy atom. The van der Waals surface area contributed by atoms with E-state index in [1.165, 1.54) is 10.6 Å². The highest BCUT2D eigenvalue weighted by Gasteiger charge is 2.10. The second kappa shape index (κ2) is 9.16. The second-order valence-corrected chi connectivity index (χ2v) is 7.01. The van der Waals surface area contributed by atoms with Crippen LogP contribution in [0, 0.1) is 0 Å². The molecule has 0 unspecified atom stereocenters. The highest BCUT2D eigenvalue weighted by atomic mass is 16.2. The standard InChI is InChI=1S/C22H25N5O2/c1-26(2)12-11-23-20-14-19-17(15-24-20)13-18(22(29)27(19)3)25-21(28)10-9-16-7-5-4-6-8-16/h4-10,13-15H,11-12H2,1-3H3,(H,23,24)(H,25,28)/b10-9+. The molecule has 0 aliphatic carbocycles. The van der Waals surface area contributed by atoms with Gasteiger partial charge in [-0.2, -0.15) is 0 Å². The molecule has 0 aliphatic heterocycles. The monoisotopic (exact) mass is 391 g/mol. The van der Waals surface area contributed by atoms with Crippen molar-refractivity contribution in [3.05, 3.63) is 70.7 Å². The molecule has 7 nitrogen and oxygen atoms in total. The van der Waals surface area contributed by atoms with Crippen molar-refractivity contribution in [2.45, 2.75) is 0 Å². The van der Waals surface area contributed by atoms with Gasteiger partial charge in [0.2, 0.25) is 5.91 Å². The lowest BCUT2D eigenvalue weighted by Crippen LogP contribution is -2.24. The maximum absolute atomic E-state index is 12.7. The third kappa shape index (κ3) is 5.30. The molecule has 3 rings (SSSR count). The molecule has 0 saturated carbocycles. The number of nitrogens with zero attached hydrogens (tertiary/aromatic N) is 3. The van der Waals surface area contributed by atoms with Crippen LogP contribution in [0.1, 0.15) is 5.56 Å². The minimum atomic E-state index is -0.361. The number of carbonyl (C=O) groups is 1. The number of rotatable bonds is 7. The summed E-state index contributed by atoms with van der Waals surface area (Å²) in [6.07, 6.45) is 4.81. The van der Waals surface area contributed by atoms with Gasteiger partial charge in [-0.15, -0.1) is 0 Å². The van der Waals surface area contributed by atoms with Gasteiger partial charge in [0.05, 0.1) is 5.52 Å². The number of carbonyl (C=O) groups excluding carboxylic acids is 1. The van der Waals surface area contributed by atoms with Crippen LogP contribution in [0.25, 0.3) is 17.0 Å². The van der Waals surface area contributed by atoms with Gasteiger partial charge >= 0.3 is 0 Å². The van der Waals surface area contributed by atoms with Crippen LogP contribution in [0.3, 0.4) is 0 Å². The van der Waals surface area contributed by atoms with Crippen molar-refractivity contribution in [3.8, 4) is 0 Å². The Balaban J connectivity index is 1.79. The molecule has 0 atom stereocenters. The van der Waals surface area contributed by atoms with E-state index in [9.17, 15) is 9.59 Å². The summed E-state index contributed by atoms with van der Waals surface area (Å²) in [4.78, 5) is 31.4. The summed E-state index contributed by atoms with van der Waals surface area (Å²) in [5.74, 6) is 0.345. The summed E-state index contributed by atoms with van der Waals surface area (Å²) in [5, 5.41) is 6.68. The van der Waals surface area contributed by atoms with Crippen molar-refractivity contribution in [2.24, 2.45) is 7.05 Å². The number of fused-ring (bicyclic) bond motifs is 1. The van der Waals surface area contributed by atoms with E-state index in [0.717, 1.165) is 29.6 Å². The summed E-state index contributed by atoms with van der Waals surface area (Å²) >= 11 is 0. The third-order valence-electron chi connectivity index (χ3n) is 4.46. The van der Waals surface area contributed by atoms with Crippen LogP contribution in [0.15, 0.2) is 59.5 Å². The van der Waals surface area contributed by atoms with E-state index < -0.39 is 0 Å². The quantitative estimate of drug-likeness (QED) is 0.605. The molecule has 1 aromatic carbocycles. The zero-order chi connectivity index (χ0) is 20.8. The molecule has 29 heavy (non-hydrogen) atoms. The van der Waals surface area contributed by atoms with E-state index >= 15 is 0 Å². The van der Waals surface area contributed by atoms with E-state index in [2.05, 4.69) is 20.5 Å². The number of nitrogens with one attached hydrogen (secondary N) is 2. The van der Waals surface area contributed by atoms with E-state index in [1.807, 2.05) is 50.5 Å². The van der Waals surface area contributed by atoms with E-state index in [4.69, 9.17) is 0 Å². The van der Waals surface area contributed by atoms with Gasteiger partial charge in [-0.25, -0.2) is 4.98 Å². The molecule has 2 N–H and O–H groups in total. The van der Waals surface area contributed by atoms with Crippen molar-refractivity contribution < 1.29 is 4.79 Å². The maximum Gasteiger partial charge on any atom is 0.274 e. The van der Waals surface area contributed by atoms with Gasteiger partial charge in [-0.1, -0.05) is 30.3 Å². The average molecular weight is 391 g/mol. The zero-order valence-electron chi connectivity index (χ0n) is 16.8. The van der Waals surface area contributed by atoms with Crippen LogP contribution in [0.2, 0.25) is 0 Å². The molecule has 0 saturated heterocycles. The van der Waals surface area contributed by atoms with Crippen LogP contribution < -0.4 is 16.2 Å². The van der Waals surface area contributed by atoms with E-state index in [0.29, 0.717) is 5.82 Å². The van der Waals surface area contributed by atoms with Crippen LogP contribution >= 0.6 is 0 Å². The van der Waals surface area contributed by atoms with Gasteiger partial charge in [-0.3, -0.25) is 9.59 Å². The fraction of sp³-hybridized carbons (Fsp3) is 0.227. The SMILES string of the molecule is CN(C)CCNc1cc2c(cn1)cc(NC(=O)/C=C/c1ccccc1)c(=O)n2C. The Labute approximate surface area is 169 Å². The first-order valence-corrected chi connectivity index (χ1v) is 9.36. The Bertz CT molecular complexity index is 1090. The molecule has 0 spiro atoms. The van der Waals surface area contributed by atoms with Gasteiger partial charge in [0.25, 0.3) is 5.56 Å². The van der Waals surface area contributed by atoms with Crippen molar-refractivity contribution in [1.29, 1.82) is 0 Å². The molecule has 0 fully saturated rings. The summed E-state index contributed by atoms with van der Waals surface area (Å²) in [6, 6.07) is 13.0. The molecule has 7 heteroatoms. The van der Waals surface area contributed by atoms with E-state index in [-0.39, 0.29) is 17.2 Å². The number of likely N-dealkylation sites (N-methyl/N-ethyl adjacent to an activating group) is 1. The topological polar surface area (TPSA) is 79.3 Å². The second-order valence-electron chi connectivity index (χ2n) is 7.01. The molecule has 3 aromatic rings. The Hall–Kier alpha value is -3.45. The van der Waals surface area contributed by atoms with Crippen molar-refractivity contribution in [2.75, 3.05) is 37.8 Å². The van der Waals surface area contributed by atoms with E-state index in [1.54, 1.807) is 25.4 Å². The lowest BCUT2D eigenvalue weighted by atomic mass is 10.2. The highest BCUT2D eigenvalue weighted by Crippen LogP contribution is 2.18. The summed E-state index contributed by atoms with van der Waals surface area (Å²) < 4.78 is 1.52. The molecule has 2 heterocycles. The Kier molecular flexibility index (Phi) is 6.41. The predicted octanol–water partition coefficient (Wildman–Crippen LogP) is 2.56. The van der Waals surface area contributed by atoms with Crippen LogP contribution in [0.4, 0.5) is 11.5 Å². The van der Waals surface area contributed by atoms with Gasteiger partial charge < -0.3 is 20.1 Å². The van der Waals surface area contributed by atoms with Crippen molar-refractivity contribution in [1.82, 2.24) is 14.5 Å². The van der Waals surface area contributed by atoms with Gasteiger partial charge in [0.15, 0.2) is 0 Å². The first-order valence-electron chi connectivity index (χ1n) is 9.36. The molecular formula is C22H25N5O2.